The van der Waals surface area contributed by atoms with Gasteiger partial charge in [-0.05, 0) is 48.8 Å². The van der Waals surface area contributed by atoms with Gasteiger partial charge < -0.3 is 10.2 Å². The minimum absolute atomic E-state index is 0. The highest BCUT2D eigenvalue weighted by Crippen LogP contribution is 2.27. The third-order valence-corrected chi connectivity index (χ3v) is 8.16. The molecule has 0 saturated carbocycles. The molecule has 0 bridgehead atoms. The molecule has 0 spiro atoms. The maximum absolute atomic E-state index is 12.7. The minimum Gasteiger partial charge on any atom is -0.342 e. The Bertz CT molecular complexity index is 766. The van der Waals surface area contributed by atoms with Gasteiger partial charge in [0.05, 0.1) is 4.90 Å². The number of halogens is 1. The molecule has 0 unspecified atom stereocenters. The molecule has 1 N–H and O–H groups in total. The number of rotatable bonds is 5. The summed E-state index contributed by atoms with van der Waals surface area (Å²) in [5.74, 6) is 1.45. The molecule has 3 fully saturated rings. The van der Waals surface area contributed by atoms with Gasteiger partial charge >= 0.3 is 0 Å². The molecule has 156 valence electrons. The van der Waals surface area contributed by atoms with Crippen LogP contribution in [-0.2, 0) is 21.2 Å². The van der Waals surface area contributed by atoms with Gasteiger partial charge in [-0.25, -0.2) is 8.42 Å². The van der Waals surface area contributed by atoms with E-state index >= 15 is 0 Å². The van der Waals surface area contributed by atoms with Crippen LogP contribution in [0.1, 0.15) is 31.2 Å². The van der Waals surface area contributed by atoms with Crippen molar-refractivity contribution in [3.05, 3.63) is 29.8 Å². The molecule has 6 nitrogen and oxygen atoms in total. The summed E-state index contributed by atoms with van der Waals surface area (Å²) >= 11 is 0. The molecule has 2 atom stereocenters. The lowest BCUT2D eigenvalue weighted by atomic mass is 10.0. The lowest BCUT2D eigenvalue weighted by molar-refractivity contribution is -0.130. The maximum Gasteiger partial charge on any atom is 0.243 e. The van der Waals surface area contributed by atoms with Gasteiger partial charge in [0.25, 0.3) is 0 Å². The van der Waals surface area contributed by atoms with Crippen molar-refractivity contribution in [1.82, 2.24) is 14.5 Å². The average Bonchev–Trinajstić information content (AvgIpc) is 3.29. The summed E-state index contributed by atoms with van der Waals surface area (Å²) in [7, 11) is -3.38. The van der Waals surface area contributed by atoms with E-state index < -0.39 is 10.0 Å². The van der Waals surface area contributed by atoms with Crippen molar-refractivity contribution in [1.29, 1.82) is 0 Å². The Morgan fingerprint density at radius 1 is 1.00 bits per heavy atom. The molecular weight excluding hydrogens is 398 g/mol. The molecule has 1 aromatic rings. The van der Waals surface area contributed by atoms with Crippen molar-refractivity contribution < 1.29 is 13.2 Å². The van der Waals surface area contributed by atoms with Crippen LogP contribution in [0.25, 0.3) is 0 Å². The second-order valence-corrected chi connectivity index (χ2v) is 10.0. The van der Waals surface area contributed by atoms with Gasteiger partial charge in [0.15, 0.2) is 0 Å². The molecule has 0 aromatic heterocycles. The Kier molecular flexibility index (Phi) is 7.02. The molecule has 0 aliphatic carbocycles. The van der Waals surface area contributed by atoms with Crippen LogP contribution in [0.4, 0.5) is 0 Å². The summed E-state index contributed by atoms with van der Waals surface area (Å²) in [6.07, 6.45) is 4.13. The fourth-order valence-electron chi connectivity index (χ4n) is 4.55. The molecule has 3 aliphatic rings. The number of aryl methyl sites for hydroxylation is 1. The Morgan fingerprint density at radius 2 is 1.61 bits per heavy atom. The summed E-state index contributed by atoms with van der Waals surface area (Å²) in [5, 5.41) is 3.39. The fraction of sp³-hybridized carbons (Fsp3) is 0.650. The third-order valence-electron chi connectivity index (χ3n) is 6.25. The molecule has 1 aromatic carbocycles. The van der Waals surface area contributed by atoms with Crippen molar-refractivity contribution in [3.63, 3.8) is 0 Å². The topological polar surface area (TPSA) is 69.7 Å². The molecule has 3 heterocycles. The Balaban J connectivity index is 0.00000225. The number of benzene rings is 1. The zero-order valence-electron chi connectivity index (χ0n) is 16.2. The van der Waals surface area contributed by atoms with Gasteiger partial charge in [0.1, 0.15) is 0 Å². The Labute approximate surface area is 174 Å². The van der Waals surface area contributed by atoms with Crippen LogP contribution in [0.5, 0.6) is 0 Å². The highest BCUT2D eigenvalue weighted by molar-refractivity contribution is 7.89. The summed E-state index contributed by atoms with van der Waals surface area (Å²) in [6, 6.07) is 7.09. The summed E-state index contributed by atoms with van der Waals surface area (Å²) in [5.41, 5.74) is 1.02. The predicted octanol–water partition coefficient (Wildman–Crippen LogP) is 1.89. The largest absolute Gasteiger partial charge is 0.342 e. The van der Waals surface area contributed by atoms with E-state index in [-0.39, 0.29) is 18.3 Å². The van der Waals surface area contributed by atoms with Crippen molar-refractivity contribution in [2.75, 3.05) is 39.3 Å². The second kappa shape index (κ2) is 9.11. The average molecular weight is 428 g/mol. The quantitative estimate of drug-likeness (QED) is 0.779. The number of likely N-dealkylation sites (tertiary alicyclic amines) is 1. The number of nitrogens with zero attached hydrogens (tertiary/aromatic N) is 2. The molecule has 8 heteroatoms. The van der Waals surface area contributed by atoms with Crippen LogP contribution < -0.4 is 5.32 Å². The fourth-order valence-corrected chi connectivity index (χ4v) is 6.07. The number of piperidine rings is 1. The van der Waals surface area contributed by atoms with Gasteiger partial charge in [-0.15, -0.1) is 12.4 Å². The summed E-state index contributed by atoms with van der Waals surface area (Å²) in [6.45, 7) is 5.05. The van der Waals surface area contributed by atoms with Gasteiger partial charge in [0, 0.05) is 45.7 Å². The number of carbonyl (C=O) groups is 1. The molecule has 28 heavy (non-hydrogen) atoms. The lowest BCUT2D eigenvalue weighted by Gasteiger charge is -2.25. The molecular formula is C20H30ClN3O3S. The van der Waals surface area contributed by atoms with Gasteiger partial charge in [-0.1, -0.05) is 18.6 Å². The molecule has 1 amide bonds. The van der Waals surface area contributed by atoms with Crippen molar-refractivity contribution in [2.45, 2.75) is 37.0 Å². The smallest absolute Gasteiger partial charge is 0.243 e. The van der Waals surface area contributed by atoms with Gasteiger partial charge in [0.2, 0.25) is 15.9 Å². The van der Waals surface area contributed by atoms with Gasteiger partial charge in [-0.2, -0.15) is 4.31 Å². The number of hydrogen-bond acceptors (Lipinski definition) is 4. The minimum atomic E-state index is -3.38. The Morgan fingerprint density at radius 3 is 2.21 bits per heavy atom. The SMILES string of the molecule is Cl.O=C(CCc1ccc(S(=O)(=O)N2CCCCC2)cc1)N1C[C@H]2CNC[C@H]2C1. The number of carbonyl (C=O) groups excluding carboxylic acids is 1. The van der Waals surface area contributed by atoms with E-state index in [0.717, 1.165) is 51.0 Å². The standard InChI is InChI=1S/C20H29N3O3S.ClH/c24-20(22-14-17-12-21-13-18(17)15-22)9-6-16-4-7-19(8-5-16)27(25,26)23-10-2-1-3-11-23;/h4-5,7-8,17-18,21H,1-3,6,9-15H2;1H/t17-,18+;. The molecule has 3 saturated heterocycles. The second-order valence-electron chi connectivity index (χ2n) is 8.09. The van der Waals surface area contributed by atoms with E-state index in [9.17, 15) is 13.2 Å². The zero-order chi connectivity index (χ0) is 18.9. The van der Waals surface area contributed by atoms with E-state index in [1.54, 1.807) is 16.4 Å². The van der Waals surface area contributed by atoms with E-state index in [0.29, 0.717) is 42.7 Å². The van der Waals surface area contributed by atoms with E-state index in [2.05, 4.69) is 5.32 Å². The van der Waals surface area contributed by atoms with Crippen molar-refractivity contribution >= 4 is 28.3 Å². The number of hydrogen-bond donors (Lipinski definition) is 1. The van der Waals surface area contributed by atoms with Gasteiger partial charge in [-0.3, -0.25) is 4.79 Å². The van der Waals surface area contributed by atoms with Crippen LogP contribution in [-0.4, -0.2) is 62.8 Å². The van der Waals surface area contributed by atoms with Crippen LogP contribution in [0.2, 0.25) is 0 Å². The monoisotopic (exact) mass is 427 g/mol. The number of fused-ring (bicyclic) bond motifs is 1. The first-order valence-electron chi connectivity index (χ1n) is 10.1. The van der Waals surface area contributed by atoms with Crippen molar-refractivity contribution in [3.8, 4) is 0 Å². The first-order chi connectivity index (χ1) is 13.0. The zero-order valence-corrected chi connectivity index (χ0v) is 17.8. The number of nitrogens with one attached hydrogen (secondary N) is 1. The van der Waals surface area contributed by atoms with Crippen LogP contribution in [0, 0.1) is 11.8 Å². The molecule has 3 aliphatic heterocycles. The summed E-state index contributed by atoms with van der Waals surface area (Å²) < 4.78 is 27.0. The highest BCUT2D eigenvalue weighted by atomic mass is 35.5. The maximum atomic E-state index is 12.7. The number of amides is 1. The summed E-state index contributed by atoms with van der Waals surface area (Å²) in [4.78, 5) is 14.9. The lowest BCUT2D eigenvalue weighted by Crippen LogP contribution is -2.35. The molecule has 0 radical (unpaired) electrons. The van der Waals surface area contributed by atoms with Crippen LogP contribution in [0.15, 0.2) is 29.2 Å². The number of sulfonamides is 1. The first-order valence-corrected chi connectivity index (χ1v) is 11.6. The third kappa shape index (κ3) is 4.53. The first kappa shape index (κ1) is 21.6. The van der Waals surface area contributed by atoms with E-state index in [4.69, 9.17) is 0 Å². The Hall–Kier alpha value is -1.15. The normalized spacial score (nSPS) is 25.4. The van der Waals surface area contributed by atoms with Crippen LogP contribution >= 0.6 is 12.4 Å². The van der Waals surface area contributed by atoms with Crippen molar-refractivity contribution in [2.24, 2.45) is 11.8 Å². The van der Waals surface area contributed by atoms with Crippen LogP contribution in [0.3, 0.4) is 0 Å². The molecule has 4 rings (SSSR count). The van der Waals surface area contributed by atoms with E-state index in [1.165, 1.54) is 0 Å². The predicted molar refractivity (Wildman–Crippen MR) is 111 cm³/mol. The van der Waals surface area contributed by atoms with E-state index in [1.807, 2.05) is 17.0 Å². The highest BCUT2D eigenvalue weighted by Gasteiger charge is 2.37.